The summed E-state index contributed by atoms with van der Waals surface area (Å²) in [7, 11) is 0. The summed E-state index contributed by atoms with van der Waals surface area (Å²) in [6.45, 7) is 4.11. The first-order valence-electron chi connectivity index (χ1n) is 10.4. The molecule has 30 heavy (non-hydrogen) atoms. The van der Waals surface area contributed by atoms with E-state index >= 15 is 0 Å². The van der Waals surface area contributed by atoms with Gasteiger partial charge in [0.2, 0.25) is 0 Å². The Morgan fingerprint density at radius 1 is 0.800 bits per heavy atom. The number of hydrogen-bond donors (Lipinski definition) is 1. The smallest absolute Gasteiger partial charge is 0.102 e. The highest BCUT2D eigenvalue weighted by Crippen LogP contribution is 2.40. The molecule has 158 valence electrons. The van der Waals surface area contributed by atoms with Gasteiger partial charge >= 0.3 is 0 Å². The number of aliphatic hydroxyl groups is 1. The molecule has 3 nitrogen and oxygen atoms in total. The van der Waals surface area contributed by atoms with Crippen molar-refractivity contribution in [1.82, 2.24) is 4.90 Å². The first kappa shape index (κ1) is 22.5. The number of halogens is 1. The summed E-state index contributed by atoms with van der Waals surface area (Å²) in [5.41, 5.74) is 2.26. The molecule has 0 saturated carbocycles. The topological polar surface area (TPSA) is 32.7 Å². The standard InChI is InChI=1S/C26H29NO2.ClH/c28-26(24-14-8-3-9-15-24,20-22-10-4-1-5-11-22)25(23-12-6-2-7-13-23)21-27-16-18-29-19-17-27;/h1-15,25,28H,16-21H2;1H. The molecule has 1 N–H and O–H groups in total. The van der Waals surface area contributed by atoms with E-state index in [0.717, 1.165) is 44.0 Å². The van der Waals surface area contributed by atoms with Crippen molar-refractivity contribution in [3.8, 4) is 0 Å². The largest absolute Gasteiger partial charge is 0.384 e. The Kier molecular flexibility index (Phi) is 8.06. The van der Waals surface area contributed by atoms with Crippen molar-refractivity contribution in [2.24, 2.45) is 0 Å². The summed E-state index contributed by atoms with van der Waals surface area (Å²) in [6.07, 6.45) is 0.571. The normalized spacial score (nSPS) is 17.5. The summed E-state index contributed by atoms with van der Waals surface area (Å²) in [6, 6.07) is 30.9. The van der Waals surface area contributed by atoms with Crippen LogP contribution in [0.5, 0.6) is 0 Å². The Labute approximate surface area is 185 Å². The van der Waals surface area contributed by atoms with Crippen molar-refractivity contribution < 1.29 is 9.84 Å². The Morgan fingerprint density at radius 3 is 1.93 bits per heavy atom. The van der Waals surface area contributed by atoms with Gasteiger partial charge in [-0.15, -0.1) is 12.4 Å². The van der Waals surface area contributed by atoms with E-state index in [1.165, 1.54) is 5.56 Å². The molecule has 3 aromatic rings. The number of ether oxygens (including phenoxy) is 1. The lowest BCUT2D eigenvalue weighted by Crippen LogP contribution is -2.45. The summed E-state index contributed by atoms with van der Waals surface area (Å²) in [4.78, 5) is 2.42. The third-order valence-corrected chi connectivity index (χ3v) is 5.91. The van der Waals surface area contributed by atoms with Gasteiger partial charge in [-0.2, -0.15) is 0 Å². The quantitative estimate of drug-likeness (QED) is 0.600. The van der Waals surface area contributed by atoms with Gasteiger partial charge < -0.3 is 9.84 Å². The number of benzene rings is 3. The predicted molar refractivity (Wildman–Crippen MR) is 124 cm³/mol. The maximum Gasteiger partial charge on any atom is 0.102 e. The Hall–Kier alpha value is -2.17. The molecule has 0 spiro atoms. The average molecular weight is 424 g/mol. The molecule has 1 saturated heterocycles. The average Bonchev–Trinajstić information content (AvgIpc) is 2.80. The van der Waals surface area contributed by atoms with Crippen molar-refractivity contribution in [3.05, 3.63) is 108 Å². The van der Waals surface area contributed by atoms with Crippen LogP contribution >= 0.6 is 12.4 Å². The van der Waals surface area contributed by atoms with Crippen molar-refractivity contribution in [2.75, 3.05) is 32.8 Å². The fourth-order valence-corrected chi connectivity index (χ4v) is 4.32. The van der Waals surface area contributed by atoms with Crippen LogP contribution in [0.2, 0.25) is 0 Å². The molecule has 4 rings (SSSR count). The number of rotatable bonds is 7. The minimum absolute atomic E-state index is 0. The second kappa shape index (κ2) is 10.7. The van der Waals surface area contributed by atoms with Crippen LogP contribution in [0, 0.1) is 0 Å². The molecule has 0 amide bonds. The molecule has 2 atom stereocenters. The van der Waals surface area contributed by atoms with Crippen molar-refractivity contribution in [2.45, 2.75) is 17.9 Å². The molecule has 0 radical (unpaired) electrons. The van der Waals surface area contributed by atoms with Crippen LogP contribution in [0.4, 0.5) is 0 Å². The van der Waals surface area contributed by atoms with Gasteiger partial charge in [-0.1, -0.05) is 91.0 Å². The highest BCUT2D eigenvalue weighted by molar-refractivity contribution is 5.85. The van der Waals surface area contributed by atoms with Crippen molar-refractivity contribution in [1.29, 1.82) is 0 Å². The van der Waals surface area contributed by atoms with Crippen LogP contribution in [0.25, 0.3) is 0 Å². The zero-order valence-electron chi connectivity index (χ0n) is 17.2. The third kappa shape index (κ3) is 5.30. The lowest BCUT2D eigenvalue weighted by Gasteiger charge is -2.41. The maximum atomic E-state index is 12.3. The lowest BCUT2D eigenvalue weighted by molar-refractivity contribution is -0.0223. The number of morpholine rings is 1. The van der Waals surface area contributed by atoms with E-state index in [-0.39, 0.29) is 18.3 Å². The highest BCUT2D eigenvalue weighted by atomic mass is 35.5. The first-order chi connectivity index (χ1) is 14.3. The van der Waals surface area contributed by atoms with Crippen molar-refractivity contribution >= 4 is 12.4 Å². The second-order valence-corrected chi connectivity index (χ2v) is 7.83. The second-order valence-electron chi connectivity index (χ2n) is 7.83. The zero-order valence-corrected chi connectivity index (χ0v) is 18.0. The summed E-state index contributed by atoms with van der Waals surface area (Å²) >= 11 is 0. The maximum absolute atomic E-state index is 12.3. The lowest BCUT2D eigenvalue weighted by atomic mass is 9.73. The fraction of sp³-hybridized carbons (Fsp3) is 0.308. The molecule has 0 aromatic heterocycles. The van der Waals surface area contributed by atoms with Gasteiger partial charge in [0.1, 0.15) is 5.60 Å². The van der Waals surface area contributed by atoms with Crippen LogP contribution in [-0.4, -0.2) is 42.9 Å². The molecule has 0 bridgehead atoms. The zero-order chi connectivity index (χ0) is 19.9. The van der Waals surface area contributed by atoms with E-state index in [0.29, 0.717) is 6.42 Å². The van der Waals surface area contributed by atoms with Gasteiger partial charge in [-0.3, -0.25) is 4.90 Å². The van der Waals surface area contributed by atoms with Crippen LogP contribution in [0.15, 0.2) is 91.0 Å². The minimum atomic E-state index is -1.01. The van der Waals surface area contributed by atoms with E-state index in [4.69, 9.17) is 4.74 Å². The monoisotopic (exact) mass is 423 g/mol. The molecule has 2 unspecified atom stereocenters. The van der Waals surface area contributed by atoms with E-state index in [1.807, 2.05) is 42.5 Å². The molecular weight excluding hydrogens is 394 g/mol. The number of nitrogens with zero attached hydrogens (tertiary/aromatic N) is 1. The van der Waals surface area contributed by atoms with Crippen LogP contribution in [0.1, 0.15) is 22.6 Å². The van der Waals surface area contributed by atoms with E-state index in [1.54, 1.807) is 0 Å². The van der Waals surface area contributed by atoms with Crippen LogP contribution in [-0.2, 0) is 16.8 Å². The fourth-order valence-electron chi connectivity index (χ4n) is 4.32. The van der Waals surface area contributed by atoms with Gasteiger partial charge in [0.05, 0.1) is 13.2 Å². The van der Waals surface area contributed by atoms with Gasteiger partial charge in [-0.05, 0) is 16.7 Å². The Bertz CT molecular complexity index is 869. The van der Waals surface area contributed by atoms with Crippen molar-refractivity contribution in [3.63, 3.8) is 0 Å². The first-order valence-corrected chi connectivity index (χ1v) is 10.4. The molecule has 1 fully saturated rings. The van der Waals surface area contributed by atoms with Gasteiger partial charge in [0, 0.05) is 32.0 Å². The molecule has 4 heteroatoms. The molecule has 3 aromatic carbocycles. The Balaban J connectivity index is 0.00000256. The highest BCUT2D eigenvalue weighted by Gasteiger charge is 2.40. The summed E-state index contributed by atoms with van der Waals surface area (Å²) in [5, 5.41) is 12.3. The third-order valence-electron chi connectivity index (χ3n) is 5.91. The summed E-state index contributed by atoms with van der Waals surface area (Å²) in [5.74, 6) is -0.0515. The van der Waals surface area contributed by atoms with E-state index < -0.39 is 5.60 Å². The van der Waals surface area contributed by atoms with Gasteiger partial charge in [0.15, 0.2) is 0 Å². The van der Waals surface area contributed by atoms with Crippen LogP contribution < -0.4 is 0 Å². The molecule has 1 heterocycles. The van der Waals surface area contributed by atoms with Gasteiger partial charge in [-0.25, -0.2) is 0 Å². The van der Waals surface area contributed by atoms with E-state index in [9.17, 15) is 5.11 Å². The van der Waals surface area contributed by atoms with Crippen LogP contribution in [0.3, 0.4) is 0 Å². The minimum Gasteiger partial charge on any atom is -0.384 e. The van der Waals surface area contributed by atoms with Gasteiger partial charge in [0.25, 0.3) is 0 Å². The molecule has 0 aliphatic carbocycles. The number of hydrogen-bond acceptors (Lipinski definition) is 3. The predicted octanol–water partition coefficient (Wildman–Crippen LogP) is 4.65. The molecule has 1 aliphatic heterocycles. The summed E-state index contributed by atoms with van der Waals surface area (Å²) < 4.78 is 5.55. The molecular formula is C26H30ClNO2. The van der Waals surface area contributed by atoms with E-state index in [2.05, 4.69) is 53.4 Å². The Morgan fingerprint density at radius 2 is 1.33 bits per heavy atom. The SMILES string of the molecule is Cl.OC(Cc1ccccc1)(c1ccccc1)C(CN1CCOCC1)c1ccccc1. The molecule has 1 aliphatic rings.